The summed E-state index contributed by atoms with van der Waals surface area (Å²) in [7, 11) is 0. The van der Waals surface area contributed by atoms with Gasteiger partial charge in [0.2, 0.25) is 0 Å². The van der Waals surface area contributed by atoms with Crippen LogP contribution < -0.4 is 0 Å². The lowest BCUT2D eigenvalue weighted by atomic mass is 9.80. The van der Waals surface area contributed by atoms with Gasteiger partial charge in [-0.05, 0) is 26.2 Å². The molecule has 0 bridgehead atoms. The second-order valence-electron chi connectivity index (χ2n) is 2.44. The molecular formula is C5H9NO. The topological polar surface area (TPSA) is 29.4 Å². The molecule has 1 saturated carbocycles. The maximum absolute atomic E-state index is 9.86. The Morgan fingerprint density at radius 2 is 2.14 bits per heavy atom. The third-order valence-electron chi connectivity index (χ3n) is 1.65. The minimum absolute atomic E-state index is 0.167. The van der Waals surface area contributed by atoms with Gasteiger partial charge in [-0.2, -0.15) is 4.91 Å². The molecule has 0 aromatic carbocycles. The lowest BCUT2D eigenvalue weighted by Crippen LogP contribution is -2.29. The highest BCUT2D eigenvalue weighted by molar-refractivity contribution is 4.90. The van der Waals surface area contributed by atoms with Crippen LogP contribution in [0.3, 0.4) is 0 Å². The molecule has 7 heavy (non-hydrogen) atoms. The maximum atomic E-state index is 9.86. The molecule has 1 aliphatic rings. The molecule has 0 amide bonds. The normalized spacial score (nSPS) is 25.9. The average molecular weight is 99.1 g/mol. The highest BCUT2D eigenvalue weighted by Crippen LogP contribution is 2.34. The minimum atomic E-state index is -0.167. The summed E-state index contributed by atoms with van der Waals surface area (Å²) < 4.78 is 0. The summed E-state index contributed by atoms with van der Waals surface area (Å²) in [6.07, 6.45) is 3.18. The van der Waals surface area contributed by atoms with Crippen LogP contribution in [0.2, 0.25) is 0 Å². The zero-order chi connectivity index (χ0) is 5.33. The van der Waals surface area contributed by atoms with Crippen molar-refractivity contribution in [3.05, 3.63) is 4.91 Å². The van der Waals surface area contributed by atoms with Gasteiger partial charge in [0.1, 0.15) is 0 Å². The predicted molar refractivity (Wildman–Crippen MR) is 28.1 cm³/mol. The Hall–Kier alpha value is -0.400. The van der Waals surface area contributed by atoms with Gasteiger partial charge in [0.25, 0.3) is 0 Å². The van der Waals surface area contributed by atoms with Crippen molar-refractivity contribution < 1.29 is 0 Å². The summed E-state index contributed by atoms with van der Waals surface area (Å²) in [5.74, 6) is 0. The van der Waals surface area contributed by atoms with E-state index in [0.29, 0.717) is 0 Å². The zero-order valence-corrected chi connectivity index (χ0v) is 4.48. The second kappa shape index (κ2) is 1.29. The number of hydrogen-bond acceptors (Lipinski definition) is 2. The van der Waals surface area contributed by atoms with Crippen LogP contribution in [0.1, 0.15) is 26.2 Å². The van der Waals surface area contributed by atoms with Gasteiger partial charge in [-0.25, -0.2) is 0 Å². The van der Waals surface area contributed by atoms with Crippen molar-refractivity contribution in [2.45, 2.75) is 31.7 Å². The van der Waals surface area contributed by atoms with Crippen molar-refractivity contribution in [3.8, 4) is 0 Å². The van der Waals surface area contributed by atoms with E-state index in [1.807, 2.05) is 6.92 Å². The fourth-order valence-corrected chi connectivity index (χ4v) is 0.780. The summed E-state index contributed by atoms with van der Waals surface area (Å²) in [4.78, 5) is 9.86. The Bertz CT molecular complexity index is 86.1. The first kappa shape index (κ1) is 4.75. The molecule has 1 aliphatic carbocycles. The van der Waals surface area contributed by atoms with E-state index in [1.165, 1.54) is 6.42 Å². The van der Waals surface area contributed by atoms with E-state index in [2.05, 4.69) is 5.18 Å². The Balaban J connectivity index is 2.43. The molecule has 0 aromatic rings. The van der Waals surface area contributed by atoms with E-state index in [9.17, 15) is 4.91 Å². The monoisotopic (exact) mass is 99.1 g/mol. The zero-order valence-electron chi connectivity index (χ0n) is 4.48. The fourth-order valence-electron chi connectivity index (χ4n) is 0.780. The first-order valence-electron chi connectivity index (χ1n) is 2.61. The molecule has 0 aliphatic heterocycles. The first-order chi connectivity index (χ1) is 3.27. The summed E-state index contributed by atoms with van der Waals surface area (Å²) in [5.41, 5.74) is -0.167. The Morgan fingerprint density at radius 1 is 1.57 bits per heavy atom. The molecule has 0 N–H and O–H groups in total. The Morgan fingerprint density at radius 3 is 2.14 bits per heavy atom. The molecule has 0 aromatic heterocycles. The fraction of sp³-hybridized carbons (Fsp3) is 1.00. The van der Waals surface area contributed by atoms with E-state index < -0.39 is 0 Å². The predicted octanol–water partition coefficient (Wildman–Crippen LogP) is 1.70. The van der Waals surface area contributed by atoms with Gasteiger partial charge in [-0.1, -0.05) is 5.18 Å². The first-order valence-corrected chi connectivity index (χ1v) is 2.61. The van der Waals surface area contributed by atoms with Crippen LogP contribution in [0, 0.1) is 4.91 Å². The molecule has 40 valence electrons. The highest BCUT2D eigenvalue weighted by atomic mass is 16.3. The van der Waals surface area contributed by atoms with E-state index in [-0.39, 0.29) is 5.54 Å². The van der Waals surface area contributed by atoms with Gasteiger partial charge in [-0.15, -0.1) is 0 Å². The van der Waals surface area contributed by atoms with E-state index >= 15 is 0 Å². The SMILES string of the molecule is CC1(N=O)CCC1. The molecule has 0 radical (unpaired) electrons. The summed E-state index contributed by atoms with van der Waals surface area (Å²) >= 11 is 0. The van der Waals surface area contributed by atoms with Gasteiger partial charge in [0.15, 0.2) is 0 Å². The van der Waals surface area contributed by atoms with Crippen LogP contribution in [-0.2, 0) is 0 Å². The minimum Gasteiger partial charge on any atom is -0.150 e. The molecule has 0 unspecified atom stereocenters. The average Bonchev–Trinajstić information content (AvgIpc) is 1.61. The van der Waals surface area contributed by atoms with Gasteiger partial charge >= 0.3 is 0 Å². The molecule has 1 fully saturated rings. The van der Waals surface area contributed by atoms with Crippen molar-refractivity contribution in [3.63, 3.8) is 0 Å². The van der Waals surface area contributed by atoms with Crippen LogP contribution in [0.25, 0.3) is 0 Å². The molecule has 2 nitrogen and oxygen atoms in total. The van der Waals surface area contributed by atoms with Crippen LogP contribution >= 0.6 is 0 Å². The molecule has 0 saturated heterocycles. The van der Waals surface area contributed by atoms with E-state index in [4.69, 9.17) is 0 Å². The molecule has 0 atom stereocenters. The molecule has 0 spiro atoms. The number of nitrogens with zero attached hydrogens (tertiary/aromatic N) is 1. The van der Waals surface area contributed by atoms with Crippen LogP contribution in [0.4, 0.5) is 0 Å². The van der Waals surface area contributed by atoms with Crippen molar-refractivity contribution in [1.82, 2.24) is 0 Å². The van der Waals surface area contributed by atoms with Crippen LogP contribution in [-0.4, -0.2) is 5.54 Å². The molecule has 2 heteroatoms. The lowest BCUT2D eigenvalue weighted by molar-refractivity contribution is 0.277. The maximum Gasteiger partial charge on any atom is 0.0998 e. The number of nitroso groups, excluding NO2 is 1. The lowest BCUT2D eigenvalue weighted by Gasteiger charge is -2.29. The largest absolute Gasteiger partial charge is 0.150 e. The van der Waals surface area contributed by atoms with E-state index in [1.54, 1.807) is 0 Å². The second-order valence-corrected chi connectivity index (χ2v) is 2.44. The van der Waals surface area contributed by atoms with Gasteiger partial charge in [0, 0.05) is 0 Å². The van der Waals surface area contributed by atoms with Gasteiger partial charge in [-0.3, -0.25) is 0 Å². The molecule has 1 rings (SSSR count). The number of hydrogen-bond donors (Lipinski definition) is 0. The third-order valence-corrected chi connectivity index (χ3v) is 1.65. The van der Waals surface area contributed by atoms with E-state index in [0.717, 1.165) is 12.8 Å². The quantitative estimate of drug-likeness (QED) is 0.460. The van der Waals surface area contributed by atoms with Crippen molar-refractivity contribution >= 4 is 0 Å². The smallest absolute Gasteiger partial charge is 0.0998 e. The summed E-state index contributed by atoms with van der Waals surface area (Å²) in [6.45, 7) is 1.91. The van der Waals surface area contributed by atoms with Crippen molar-refractivity contribution in [2.75, 3.05) is 0 Å². The summed E-state index contributed by atoms with van der Waals surface area (Å²) in [6, 6.07) is 0. The summed E-state index contributed by atoms with van der Waals surface area (Å²) in [5, 5.41) is 2.98. The Kier molecular flexibility index (Phi) is 0.873. The Labute approximate surface area is 42.9 Å². The highest BCUT2D eigenvalue weighted by Gasteiger charge is 2.32. The van der Waals surface area contributed by atoms with Crippen LogP contribution in [0.15, 0.2) is 5.18 Å². The van der Waals surface area contributed by atoms with Crippen molar-refractivity contribution in [2.24, 2.45) is 5.18 Å². The van der Waals surface area contributed by atoms with Gasteiger partial charge < -0.3 is 0 Å². The van der Waals surface area contributed by atoms with Crippen LogP contribution in [0.5, 0.6) is 0 Å². The number of rotatable bonds is 1. The van der Waals surface area contributed by atoms with Gasteiger partial charge in [0.05, 0.1) is 5.54 Å². The third kappa shape index (κ3) is 0.646. The standard InChI is InChI=1S/C5H9NO/c1-5(6-7)3-2-4-5/h2-4H2,1H3. The van der Waals surface area contributed by atoms with Crippen molar-refractivity contribution in [1.29, 1.82) is 0 Å². The molecular weight excluding hydrogens is 90.1 g/mol. The molecule has 0 heterocycles.